The molecular weight excluding hydrogens is 206 g/mol. The Labute approximate surface area is 104 Å². The third-order valence-electron chi connectivity index (χ3n) is 4.18. The Balaban J connectivity index is 1.92. The van der Waals surface area contributed by atoms with Crippen molar-refractivity contribution in [2.24, 2.45) is 5.92 Å². The number of hydrogen-bond acceptors (Lipinski definition) is 1. The second kappa shape index (κ2) is 3.90. The van der Waals surface area contributed by atoms with E-state index < -0.39 is 0 Å². The first-order chi connectivity index (χ1) is 8.17. The number of fused-ring (bicyclic) bond motifs is 2. The van der Waals surface area contributed by atoms with Gasteiger partial charge in [0.25, 0.3) is 0 Å². The minimum absolute atomic E-state index is 0.627. The van der Waals surface area contributed by atoms with Crippen molar-refractivity contribution in [1.82, 2.24) is 0 Å². The molecule has 90 valence electrons. The summed E-state index contributed by atoms with van der Waals surface area (Å²) in [5.41, 5.74) is 7.44. The largest absolute Gasteiger partial charge is 0.381 e. The fourth-order valence-corrected chi connectivity index (χ4v) is 2.94. The highest BCUT2D eigenvalue weighted by molar-refractivity contribution is 5.71. The maximum absolute atomic E-state index is 3.67. The van der Waals surface area contributed by atoms with Crippen LogP contribution in [0.2, 0.25) is 0 Å². The summed E-state index contributed by atoms with van der Waals surface area (Å²) in [6.07, 6.45) is 5.93. The van der Waals surface area contributed by atoms with Crippen LogP contribution in [-0.2, 0) is 12.8 Å². The van der Waals surface area contributed by atoms with E-state index in [-0.39, 0.29) is 0 Å². The van der Waals surface area contributed by atoms with Gasteiger partial charge in [-0.25, -0.2) is 0 Å². The van der Waals surface area contributed by atoms with Crippen LogP contribution in [0.1, 0.15) is 43.9 Å². The van der Waals surface area contributed by atoms with Crippen molar-refractivity contribution in [3.8, 4) is 0 Å². The lowest BCUT2D eigenvalue weighted by molar-refractivity contribution is 0.538. The van der Waals surface area contributed by atoms with Crippen molar-refractivity contribution in [2.45, 2.75) is 46.1 Å². The van der Waals surface area contributed by atoms with Crippen LogP contribution in [0.3, 0.4) is 0 Å². The lowest BCUT2D eigenvalue weighted by Gasteiger charge is -2.14. The summed E-state index contributed by atoms with van der Waals surface area (Å²) in [7, 11) is 0. The van der Waals surface area contributed by atoms with E-state index in [0.717, 1.165) is 0 Å². The Morgan fingerprint density at radius 2 is 2.12 bits per heavy atom. The zero-order chi connectivity index (χ0) is 12.0. The molecule has 1 nitrogen and oxygen atoms in total. The molecule has 0 saturated carbocycles. The third kappa shape index (κ3) is 1.78. The number of nitrogens with one attached hydrogen (secondary N) is 1. The quantitative estimate of drug-likeness (QED) is 0.804. The van der Waals surface area contributed by atoms with E-state index in [1.165, 1.54) is 41.6 Å². The van der Waals surface area contributed by atoms with Gasteiger partial charge < -0.3 is 5.32 Å². The average molecular weight is 227 g/mol. The van der Waals surface area contributed by atoms with Crippen LogP contribution in [0.4, 0.5) is 5.69 Å². The molecular formula is C16H21N. The summed E-state index contributed by atoms with van der Waals surface area (Å²) in [4.78, 5) is 0. The monoisotopic (exact) mass is 227 g/mol. The third-order valence-corrected chi connectivity index (χ3v) is 4.18. The van der Waals surface area contributed by atoms with Crippen LogP contribution in [0.15, 0.2) is 17.7 Å². The van der Waals surface area contributed by atoms with Gasteiger partial charge in [0.05, 0.1) is 0 Å². The molecule has 2 aliphatic rings. The van der Waals surface area contributed by atoms with Crippen molar-refractivity contribution in [2.75, 3.05) is 5.32 Å². The van der Waals surface area contributed by atoms with Crippen molar-refractivity contribution in [3.63, 3.8) is 0 Å². The van der Waals surface area contributed by atoms with Gasteiger partial charge in [-0.1, -0.05) is 38.5 Å². The van der Waals surface area contributed by atoms with Crippen molar-refractivity contribution in [1.29, 1.82) is 0 Å². The maximum atomic E-state index is 3.67. The molecule has 0 bridgehead atoms. The van der Waals surface area contributed by atoms with Crippen molar-refractivity contribution >= 4 is 11.8 Å². The van der Waals surface area contributed by atoms with E-state index in [1.54, 1.807) is 5.57 Å². The molecule has 0 spiro atoms. The fraction of sp³-hybridized carbons (Fsp3) is 0.500. The number of allylic oxidation sites excluding steroid dienone is 1. The van der Waals surface area contributed by atoms with Gasteiger partial charge in [0.1, 0.15) is 0 Å². The van der Waals surface area contributed by atoms with E-state index in [1.807, 2.05) is 0 Å². The second-order valence-corrected chi connectivity index (χ2v) is 5.74. The van der Waals surface area contributed by atoms with Crippen molar-refractivity contribution < 1.29 is 0 Å². The van der Waals surface area contributed by atoms with Crippen LogP contribution in [-0.4, -0.2) is 6.04 Å². The summed E-state index contributed by atoms with van der Waals surface area (Å²) in [6.45, 7) is 6.84. The minimum Gasteiger partial charge on any atom is -0.381 e. The maximum Gasteiger partial charge on any atom is 0.0382 e. The highest BCUT2D eigenvalue weighted by Gasteiger charge is 2.25. The molecule has 0 amide bonds. The molecule has 1 aliphatic carbocycles. The SMILES string of the molecule is CCC1=Cc2cc3c(cc2C1)CC(C(C)C)N3. The lowest BCUT2D eigenvalue weighted by Crippen LogP contribution is -2.21. The highest BCUT2D eigenvalue weighted by Crippen LogP contribution is 2.36. The van der Waals surface area contributed by atoms with Gasteiger partial charge in [0.15, 0.2) is 0 Å². The predicted molar refractivity (Wildman–Crippen MR) is 74.4 cm³/mol. The zero-order valence-electron chi connectivity index (χ0n) is 11.0. The Kier molecular flexibility index (Phi) is 2.50. The molecule has 1 aliphatic heterocycles. The molecule has 1 N–H and O–H groups in total. The molecule has 1 atom stereocenters. The molecule has 0 saturated heterocycles. The van der Waals surface area contributed by atoms with E-state index in [0.29, 0.717) is 12.0 Å². The van der Waals surface area contributed by atoms with Gasteiger partial charge in [-0.2, -0.15) is 0 Å². The Morgan fingerprint density at radius 3 is 2.82 bits per heavy atom. The molecule has 3 rings (SSSR count). The number of benzene rings is 1. The predicted octanol–water partition coefficient (Wildman–Crippen LogP) is 4.03. The summed E-state index contributed by atoms with van der Waals surface area (Å²) < 4.78 is 0. The van der Waals surface area contributed by atoms with Crippen LogP contribution in [0.25, 0.3) is 6.08 Å². The van der Waals surface area contributed by atoms with Gasteiger partial charge in [0, 0.05) is 11.7 Å². The standard InChI is InChI=1S/C16H21N/c1-4-11-5-12-7-14-9-15(10(2)3)17-16(14)8-13(12)6-11/h6-8,10,15,17H,4-5,9H2,1-3H3. The van der Waals surface area contributed by atoms with E-state index >= 15 is 0 Å². The van der Waals surface area contributed by atoms with Crippen molar-refractivity contribution in [3.05, 3.63) is 34.4 Å². The Hall–Kier alpha value is -1.24. The van der Waals surface area contributed by atoms with Crippen LogP contribution < -0.4 is 5.32 Å². The number of anilines is 1. The molecule has 1 heteroatoms. The molecule has 1 aromatic rings. The number of hydrogen-bond donors (Lipinski definition) is 1. The molecule has 0 radical (unpaired) electrons. The zero-order valence-corrected chi connectivity index (χ0v) is 11.0. The fourth-order valence-electron chi connectivity index (χ4n) is 2.94. The van der Waals surface area contributed by atoms with Gasteiger partial charge in [-0.15, -0.1) is 0 Å². The van der Waals surface area contributed by atoms with E-state index in [4.69, 9.17) is 0 Å². The first kappa shape index (κ1) is 10.9. The molecule has 1 aromatic carbocycles. The average Bonchev–Trinajstić information content (AvgIpc) is 2.87. The van der Waals surface area contributed by atoms with Gasteiger partial charge in [0.2, 0.25) is 0 Å². The lowest BCUT2D eigenvalue weighted by atomic mass is 9.98. The topological polar surface area (TPSA) is 12.0 Å². The minimum atomic E-state index is 0.627. The summed E-state index contributed by atoms with van der Waals surface area (Å²) in [5.74, 6) is 0.707. The van der Waals surface area contributed by atoms with Crippen LogP contribution in [0.5, 0.6) is 0 Å². The first-order valence-electron chi connectivity index (χ1n) is 6.79. The summed E-state index contributed by atoms with van der Waals surface area (Å²) in [5, 5.41) is 3.67. The Morgan fingerprint density at radius 1 is 1.29 bits per heavy atom. The van der Waals surface area contributed by atoms with Gasteiger partial charge >= 0.3 is 0 Å². The second-order valence-electron chi connectivity index (χ2n) is 5.74. The van der Waals surface area contributed by atoms with E-state index in [2.05, 4.69) is 44.3 Å². The molecule has 1 unspecified atom stereocenters. The van der Waals surface area contributed by atoms with Crippen LogP contribution >= 0.6 is 0 Å². The smallest absolute Gasteiger partial charge is 0.0382 e. The van der Waals surface area contributed by atoms with Crippen LogP contribution in [0, 0.1) is 5.92 Å². The first-order valence-corrected chi connectivity index (χ1v) is 6.79. The molecule has 0 fully saturated rings. The number of rotatable bonds is 2. The molecule has 17 heavy (non-hydrogen) atoms. The Bertz CT molecular complexity index is 483. The molecule has 0 aromatic heterocycles. The highest BCUT2D eigenvalue weighted by atomic mass is 15.0. The van der Waals surface area contributed by atoms with Gasteiger partial charge in [-0.3, -0.25) is 0 Å². The molecule has 1 heterocycles. The van der Waals surface area contributed by atoms with E-state index in [9.17, 15) is 0 Å². The normalized spacial score (nSPS) is 21.2. The summed E-state index contributed by atoms with van der Waals surface area (Å²) >= 11 is 0. The summed E-state index contributed by atoms with van der Waals surface area (Å²) in [6, 6.07) is 5.41. The van der Waals surface area contributed by atoms with Gasteiger partial charge in [-0.05, 0) is 47.9 Å².